The van der Waals surface area contributed by atoms with Crippen molar-refractivity contribution in [3.05, 3.63) is 59.3 Å². The number of amides is 3. The van der Waals surface area contributed by atoms with Crippen LogP contribution in [-0.4, -0.2) is 65.2 Å². The van der Waals surface area contributed by atoms with Crippen molar-refractivity contribution < 1.29 is 28.2 Å². The Morgan fingerprint density at radius 2 is 1.89 bits per heavy atom. The average Bonchev–Trinajstić information content (AvgIpc) is 3.26. The first-order valence-electron chi connectivity index (χ1n) is 11.9. The topological polar surface area (TPSA) is 97.9 Å². The number of anilines is 1. The van der Waals surface area contributed by atoms with Crippen molar-refractivity contribution in [3.8, 4) is 5.75 Å². The Kier molecular flexibility index (Phi) is 6.07. The molecule has 1 spiro atoms. The molecule has 1 atom stereocenters. The van der Waals surface area contributed by atoms with E-state index in [1.165, 1.54) is 17.9 Å². The van der Waals surface area contributed by atoms with Gasteiger partial charge in [0.25, 0.3) is 0 Å². The van der Waals surface area contributed by atoms with Crippen molar-refractivity contribution in [1.29, 1.82) is 0 Å². The maximum absolute atomic E-state index is 14.0. The molecule has 3 N–H and O–H groups in total. The number of carbonyl (C=O) groups excluding carboxylic acids is 2. The van der Waals surface area contributed by atoms with E-state index in [1.54, 1.807) is 12.0 Å². The molecule has 1 saturated heterocycles. The molecule has 0 unspecified atom stereocenters. The summed E-state index contributed by atoms with van der Waals surface area (Å²) in [6, 6.07) is 8.07. The standard InChI is InChI=1S/C26H28F2N4O4/c1-15(34)32-14-26(22-17-7-6-16(36-2)12-20(17)29-24(22)21(32)13-33)8-10-31(11-9-26)25(35)30-23-18(27)4-3-5-19(23)28/h3-7,12,21,29,33H,8-11,13-14H2,1-2H3,(H,30,35)/t21-/m0/s1. The van der Waals surface area contributed by atoms with Gasteiger partial charge in [0.1, 0.15) is 23.1 Å². The number of H-pyrrole nitrogens is 1. The largest absolute Gasteiger partial charge is 0.497 e. The summed E-state index contributed by atoms with van der Waals surface area (Å²) in [6.45, 7) is 2.32. The van der Waals surface area contributed by atoms with E-state index in [1.807, 2.05) is 18.2 Å². The number of methoxy groups -OCH3 is 1. The van der Waals surface area contributed by atoms with Gasteiger partial charge < -0.3 is 29.9 Å². The van der Waals surface area contributed by atoms with Crippen LogP contribution >= 0.6 is 0 Å². The van der Waals surface area contributed by atoms with Gasteiger partial charge in [0.15, 0.2) is 0 Å². The van der Waals surface area contributed by atoms with Gasteiger partial charge in [0.2, 0.25) is 5.91 Å². The number of aliphatic hydroxyl groups is 1. The molecule has 5 rings (SSSR count). The smallest absolute Gasteiger partial charge is 0.322 e. The van der Waals surface area contributed by atoms with Crippen molar-refractivity contribution in [2.24, 2.45) is 0 Å². The monoisotopic (exact) mass is 498 g/mol. The summed E-state index contributed by atoms with van der Waals surface area (Å²) in [5.74, 6) is -1.14. The molecule has 0 saturated carbocycles. The second-order valence-electron chi connectivity index (χ2n) is 9.46. The van der Waals surface area contributed by atoms with Gasteiger partial charge in [0, 0.05) is 54.6 Å². The molecule has 1 fully saturated rings. The summed E-state index contributed by atoms with van der Waals surface area (Å²) in [5.41, 5.74) is 1.74. The summed E-state index contributed by atoms with van der Waals surface area (Å²) in [6.07, 6.45) is 1.07. The molecule has 2 aliphatic rings. The van der Waals surface area contributed by atoms with Gasteiger partial charge in [-0.05, 0) is 42.7 Å². The molecule has 3 aromatic rings. The molecule has 0 bridgehead atoms. The quantitative estimate of drug-likeness (QED) is 0.510. The lowest BCUT2D eigenvalue weighted by Crippen LogP contribution is -2.56. The van der Waals surface area contributed by atoms with Crippen molar-refractivity contribution in [1.82, 2.24) is 14.8 Å². The summed E-state index contributed by atoms with van der Waals surface area (Å²) in [7, 11) is 1.59. The number of halogens is 2. The number of nitrogens with one attached hydrogen (secondary N) is 2. The van der Waals surface area contributed by atoms with Gasteiger partial charge in [-0.15, -0.1) is 0 Å². The van der Waals surface area contributed by atoms with Crippen LogP contribution in [0.1, 0.15) is 37.1 Å². The Morgan fingerprint density at radius 3 is 2.50 bits per heavy atom. The van der Waals surface area contributed by atoms with E-state index in [9.17, 15) is 23.5 Å². The number of piperidine rings is 1. The molecule has 1 aromatic heterocycles. The molecule has 8 nitrogen and oxygen atoms in total. The van der Waals surface area contributed by atoms with E-state index in [4.69, 9.17) is 4.74 Å². The molecule has 0 radical (unpaired) electrons. The SMILES string of the molecule is COc1ccc2c3c([nH]c2c1)[C@H](CO)N(C(C)=O)CC31CCN(C(=O)Nc2c(F)cccc2F)CC1. The molecular formula is C26H28F2N4O4. The minimum Gasteiger partial charge on any atom is -0.497 e. The van der Waals surface area contributed by atoms with E-state index in [2.05, 4.69) is 10.3 Å². The van der Waals surface area contributed by atoms with Crippen LogP contribution in [0.25, 0.3) is 10.9 Å². The zero-order valence-electron chi connectivity index (χ0n) is 20.1. The highest BCUT2D eigenvalue weighted by Crippen LogP contribution is 2.49. The fourth-order valence-electron chi connectivity index (χ4n) is 5.69. The highest BCUT2D eigenvalue weighted by Gasteiger charge is 2.48. The van der Waals surface area contributed by atoms with Crippen LogP contribution in [0.2, 0.25) is 0 Å². The number of urea groups is 1. The molecule has 0 aliphatic carbocycles. The van der Waals surface area contributed by atoms with E-state index >= 15 is 0 Å². The number of likely N-dealkylation sites (tertiary alicyclic amines) is 1. The highest BCUT2D eigenvalue weighted by molar-refractivity contribution is 5.90. The summed E-state index contributed by atoms with van der Waals surface area (Å²) in [4.78, 5) is 32.1. The maximum Gasteiger partial charge on any atom is 0.322 e. The lowest BCUT2D eigenvalue weighted by atomic mass is 9.68. The first-order valence-corrected chi connectivity index (χ1v) is 11.9. The molecule has 2 aromatic carbocycles. The van der Waals surface area contributed by atoms with Crippen LogP contribution in [0.4, 0.5) is 19.3 Å². The lowest BCUT2D eigenvalue weighted by Gasteiger charge is -2.50. The van der Waals surface area contributed by atoms with Crippen molar-refractivity contribution in [3.63, 3.8) is 0 Å². The molecule has 190 valence electrons. The maximum atomic E-state index is 14.0. The zero-order chi connectivity index (χ0) is 25.6. The molecule has 36 heavy (non-hydrogen) atoms. The normalized spacial score (nSPS) is 18.9. The van der Waals surface area contributed by atoms with Crippen molar-refractivity contribution in [2.45, 2.75) is 31.2 Å². The predicted octanol–water partition coefficient (Wildman–Crippen LogP) is 3.92. The molecule has 2 aliphatic heterocycles. The summed E-state index contributed by atoms with van der Waals surface area (Å²) < 4.78 is 33.5. The number of para-hydroxylation sites is 1. The van der Waals surface area contributed by atoms with E-state index < -0.39 is 34.8 Å². The lowest BCUT2D eigenvalue weighted by molar-refractivity contribution is -0.134. The third-order valence-electron chi connectivity index (χ3n) is 7.53. The minimum atomic E-state index is -0.838. The zero-order valence-corrected chi connectivity index (χ0v) is 20.1. The van der Waals surface area contributed by atoms with Crippen LogP contribution in [-0.2, 0) is 10.2 Å². The third kappa shape index (κ3) is 3.85. The Bertz CT molecular complexity index is 1310. The number of aliphatic hydroxyl groups excluding tert-OH is 1. The first-order chi connectivity index (χ1) is 17.3. The second-order valence-corrected chi connectivity index (χ2v) is 9.46. The molecule has 3 heterocycles. The van der Waals surface area contributed by atoms with Crippen LogP contribution in [0, 0.1) is 11.6 Å². The molecule has 3 amide bonds. The Labute approximate surface area is 206 Å². The molecule has 10 heteroatoms. The number of aromatic amines is 1. The predicted molar refractivity (Wildman–Crippen MR) is 130 cm³/mol. The van der Waals surface area contributed by atoms with E-state index in [-0.39, 0.29) is 12.5 Å². The van der Waals surface area contributed by atoms with Gasteiger partial charge in [-0.2, -0.15) is 0 Å². The molecular weight excluding hydrogens is 470 g/mol. The number of hydrogen-bond donors (Lipinski definition) is 3. The number of hydrogen-bond acceptors (Lipinski definition) is 4. The second kappa shape index (κ2) is 9.09. The van der Waals surface area contributed by atoms with Crippen LogP contribution < -0.4 is 10.1 Å². The van der Waals surface area contributed by atoms with Crippen LogP contribution in [0.3, 0.4) is 0 Å². The van der Waals surface area contributed by atoms with Crippen molar-refractivity contribution >= 4 is 28.5 Å². The van der Waals surface area contributed by atoms with Gasteiger partial charge in [-0.3, -0.25) is 4.79 Å². The van der Waals surface area contributed by atoms with Crippen LogP contribution in [0.15, 0.2) is 36.4 Å². The number of ether oxygens (including phenoxy) is 1. The third-order valence-corrected chi connectivity index (χ3v) is 7.53. The first kappa shape index (κ1) is 24.1. The average molecular weight is 499 g/mol. The fraction of sp³-hybridized carbons (Fsp3) is 0.385. The van der Waals surface area contributed by atoms with E-state index in [0.717, 1.165) is 34.3 Å². The van der Waals surface area contributed by atoms with Gasteiger partial charge in [0.05, 0.1) is 19.8 Å². The number of benzene rings is 2. The Balaban J connectivity index is 1.48. The fourth-order valence-corrected chi connectivity index (χ4v) is 5.69. The van der Waals surface area contributed by atoms with Crippen LogP contribution in [0.5, 0.6) is 5.75 Å². The highest BCUT2D eigenvalue weighted by atomic mass is 19.1. The number of rotatable bonds is 3. The Hall–Kier alpha value is -3.66. The number of fused-ring (bicyclic) bond motifs is 4. The minimum absolute atomic E-state index is 0.148. The number of nitrogens with zero attached hydrogens (tertiary/aromatic N) is 2. The number of aromatic nitrogens is 1. The number of carbonyl (C=O) groups is 2. The summed E-state index contributed by atoms with van der Waals surface area (Å²) in [5, 5.41) is 13.6. The van der Waals surface area contributed by atoms with Gasteiger partial charge in [-0.1, -0.05) is 6.07 Å². The van der Waals surface area contributed by atoms with E-state index in [0.29, 0.717) is 38.2 Å². The van der Waals surface area contributed by atoms with Crippen molar-refractivity contribution in [2.75, 3.05) is 38.7 Å². The Morgan fingerprint density at radius 1 is 1.19 bits per heavy atom. The van der Waals surface area contributed by atoms with Gasteiger partial charge in [-0.25, -0.2) is 13.6 Å². The summed E-state index contributed by atoms with van der Waals surface area (Å²) >= 11 is 0. The van der Waals surface area contributed by atoms with Gasteiger partial charge >= 0.3 is 6.03 Å².